The van der Waals surface area contributed by atoms with E-state index in [9.17, 15) is 14.4 Å². The van der Waals surface area contributed by atoms with Crippen LogP contribution in [-0.4, -0.2) is 62.5 Å². The Morgan fingerprint density at radius 3 is 2.53 bits per heavy atom. The van der Waals surface area contributed by atoms with Gasteiger partial charge in [-0.15, -0.1) is 0 Å². The molecule has 0 atom stereocenters. The average molecular weight is 271 g/mol. The van der Waals surface area contributed by atoms with E-state index in [2.05, 4.69) is 10.6 Å². The third-order valence-corrected chi connectivity index (χ3v) is 2.86. The van der Waals surface area contributed by atoms with Crippen molar-refractivity contribution in [2.45, 2.75) is 19.3 Å². The van der Waals surface area contributed by atoms with Crippen molar-refractivity contribution in [2.75, 3.05) is 39.9 Å². The molecule has 2 N–H and O–H groups in total. The maximum atomic E-state index is 11.4. The number of hydrogen-bond acceptors (Lipinski definition) is 4. The number of nitrogens with zero attached hydrogens (tertiary/aromatic N) is 1. The number of nitrogens with one attached hydrogen (secondary N) is 2. The second-order valence-corrected chi connectivity index (χ2v) is 4.34. The van der Waals surface area contributed by atoms with Gasteiger partial charge in [-0.1, -0.05) is 0 Å². The van der Waals surface area contributed by atoms with Crippen LogP contribution in [0.25, 0.3) is 0 Å². The molecule has 0 bridgehead atoms. The van der Waals surface area contributed by atoms with E-state index >= 15 is 0 Å². The average Bonchev–Trinajstić information content (AvgIpc) is 2.80. The summed E-state index contributed by atoms with van der Waals surface area (Å²) in [6.45, 7) is 2.50. The Labute approximate surface area is 112 Å². The first-order chi connectivity index (χ1) is 9.15. The summed E-state index contributed by atoms with van der Waals surface area (Å²) in [4.78, 5) is 35.7. The fourth-order valence-corrected chi connectivity index (χ4v) is 1.84. The monoisotopic (exact) mass is 271 g/mol. The van der Waals surface area contributed by atoms with Gasteiger partial charge in [0.2, 0.25) is 5.91 Å². The van der Waals surface area contributed by atoms with Gasteiger partial charge in [0, 0.05) is 39.7 Å². The largest absolute Gasteiger partial charge is 0.383 e. The first kappa shape index (κ1) is 15.4. The normalized spacial score (nSPS) is 14.6. The lowest BCUT2D eigenvalue weighted by molar-refractivity contribution is -0.139. The highest BCUT2D eigenvalue weighted by Gasteiger charge is 2.19. The Morgan fingerprint density at radius 2 is 1.95 bits per heavy atom. The van der Waals surface area contributed by atoms with E-state index < -0.39 is 11.8 Å². The second kappa shape index (κ2) is 8.47. The van der Waals surface area contributed by atoms with Gasteiger partial charge in [-0.05, 0) is 12.8 Å². The van der Waals surface area contributed by atoms with Gasteiger partial charge in [0.05, 0.1) is 6.61 Å². The molecule has 0 radical (unpaired) electrons. The summed E-state index contributed by atoms with van der Waals surface area (Å²) in [6, 6.07) is 0. The van der Waals surface area contributed by atoms with Crippen LogP contribution < -0.4 is 10.6 Å². The van der Waals surface area contributed by atoms with Crippen LogP contribution in [0.5, 0.6) is 0 Å². The standard InChI is InChI=1S/C12H21N3O4/c1-19-9-6-14-12(18)11(17)13-5-3-8-15-7-2-4-10(15)16/h2-9H2,1H3,(H,13,17)(H,14,18). The van der Waals surface area contributed by atoms with Crippen LogP contribution in [-0.2, 0) is 19.1 Å². The SMILES string of the molecule is COCCNC(=O)C(=O)NCCCN1CCCC1=O. The van der Waals surface area contributed by atoms with Crippen molar-refractivity contribution in [2.24, 2.45) is 0 Å². The van der Waals surface area contributed by atoms with E-state index in [4.69, 9.17) is 4.74 Å². The van der Waals surface area contributed by atoms with Crippen LogP contribution in [0.1, 0.15) is 19.3 Å². The molecule has 1 rings (SSSR count). The topological polar surface area (TPSA) is 87.7 Å². The van der Waals surface area contributed by atoms with E-state index in [1.165, 1.54) is 7.11 Å². The fraction of sp³-hybridized carbons (Fsp3) is 0.750. The van der Waals surface area contributed by atoms with Gasteiger partial charge < -0.3 is 20.3 Å². The van der Waals surface area contributed by atoms with E-state index in [1.807, 2.05) is 0 Å². The van der Waals surface area contributed by atoms with E-state index in [1.54, 1.807) is 4.90 Å². The molecular formula is C12H21N3O4. The lowest BCUT2D eigenvalue weighted by Gasteiger charge is -2.15. The number of likely N-dealkylation sites (tertiary alicyclic amines) is 1. The molecule has 1 heterocycles. The van der Waals surface area contributed by atoms with Gasteiger partial charge in [0.1, 0.15) is 0 Å². The Hall–Kier alpha value is -1.63. The molecule has 0 aromatic rings. The smallest absolute Gasteiger partial charge is 0.309 e. The Morgan fingerprint density at radius 1 is 1.26 bits per heavy atom. The first-order valence-corrected chi connectivity index (χ1v) is 6.48. The number of ether oxygens (including phenoxy) is 1. The van der Waals surface area contributed by atoms with Gasteiger partial charge in [0.25, 0.3) is 0 Å². The third kappa shape index (κ3) is 5.69. The zero-order chi connectivity index (χ0) is 14.1. The lowest BCUT2D eigenvalue weighted by Crippen LogP contribution is -2.42. The minimum Gasteiger partial charge on any atom is -0.383 e. The molecule has 1 saturated heterocycles. The molecule has 0 saturated carbocycles. The Kier molecular flexibility index (Phi) is 6.88. The highest BCUT2D eigenvalue weighted by molar-refractivity contribution is 6.35. The summed E-state index contributed by atoms with van der Waals surface area (Å²) in [5, 5.41) is 4.95. The van der Waals surface area contributed by atoms with Gasteiger partial charge in [-0.3, -0.25) is 14.4 Å². The number of methoxy groups -OCH3 is 1. The van der Waals surface area contributed by atoms with Crippen molar-refractivity contribution < 1.29 is 19.1 Å². The number of amides is 3. The van der Waals surface area contributed by atoms with E-state index in [-0.39, 0.29) is 5.91 Å². The van der Waals surface area contributed by atoms with Crippen molar-refractivity contribution in [3.63, 3.8) is 0 Å². The molecule has 7 nitrogen and oxygen atoms in total. The zero-order valence-electron chi connectivity index (χ0n) is 11.2. The van der Waals surface area contributed by atoms with E-state index in [0.29, 0.717) is 39.1 Å². The molecule has 0 aromatic heterocycles. The van der Waals surface area contributed by atoms with Gasteiger partial charge >= 0.3 is 11.8 Å². The number of carbonyl (C=O) groups is 3. The molecule has 1 aliphatic rings. The van der Waals surface area contributed by atoms with Crippen LogP contribution in [0.4, 0.5) is 0 Å². The minimum atomic E-state index is -0.658. The highest BCUT2D eigenvalue weighted by Crippen LogP contribution is 2.09. The van der Waals surface area contributed by atoms with Crippen molar-refractivity contribution in [3.8, 4) is 0 Å². The summed E-state index contributed by atoms with van der Waals surface area (Å²) < 4.78 is 4.75. The fourth-order valence-electron chi connectivity index (χ4n) is 1.84. The molecule has 3 amide bonds. The summed E-state index contributed by atoms with van der Waals surface area (Å²) in [5.74, 6) is -1.14. The summed E-state index contributed by atoms with van der Waals surface area (Å²) in [5.41, 5.74) is 0. The molecule has 0 aliphatic carbocycles. The predicted octanol–water partition coefficient (Wildman–Crippen LogP) is -1.12. The number of hydrogen-bond donors (Lipinski definition) is 2. The van der Waals surface area contributed by atoms with Gasteiger partial charge in [0.15, 0.2) is 0 Å². The zero-order valence-corrected chi connectivity index (χ0v) is 11.2. The molecule has 7 heteroatoms. The third-order valence-electron chi connectivity index (χ3n) is 2.86. The molecule has 0 spiro atoms. The maximum Gasteiger partial charge on any atom is 0.309 e. The molecule has 108 valence electrons. The first-order valence-electron chi connectivity index (χ1n) is 6.48. The van der Waals surface area contributed by atoms with Gasteiger partial charge in [-0.2, -0.15) is 0 Å². The highest BCUT2D eigenvalue weighted by atomic mass is 16.5. The minimum absolute atomic E-state index is 0.170. The van der Waals surface area contributed by atoms with Crippen LogP contribution in [0, 0.1) is 0 Å². The summed E-state index contributed by atoms with van der Waals surface area (Å²) in [7, 11) is 1.52. The van der Waals surface area contributed by atoms with Crippen molar-refractivity contribution in [1.82, 2.24) is 15.5 Å². The van der Waals surface area contributed by atoms with E-state index in [0.717, 1.165) is 13.0 Å². The van der Waals surface area contributed by atoms with Crippen molar-refractivity contribution >= 4 is 17.7 Å². The molecule has 19 heavy (non-hydrogen) atoms. The number of carbonyl (C=O) groups excluding carboxylic acids is 3. The summed E-state index contributed by atoms with van der Waals surface area (Å²) in [6.07, 6.45) is 2.18. The van der Waals surface area contributed by atoms with Crippen LogP contribution in [0.3, 0.4) is 0 Å². The molecule has 0 aromatic carbocycles. The quantitative estimate of drug-likeness (QED) is 0.453. The number of rotatable bonds is 7. The molecular weight excluding hydrogens is 250 g/mol. The Balaban J connectivity index is 2.06. The van der Waals surface area contributed by atoms with Gasteiger partial charge in [-0.25, -0.2) is 0 Å². The lowest BCUT2D eigenvalue weighted by atomic mass is 10.3. The second-order valence-electron chi connectivity index (χ2n) is 4.34. The molecule has 1 fully saturated rings. The summed E-state index contributed by atoms with van der Waals surface area (Å²) >= 11 is 0. The van der Waals surface area contributed by atoms with Crippen molar-refractivity contribution in [1.29, 1.82) is 0 Å². The van der Waals surface area contributed by atoms with Crippen LogP contribution in [0.15, 0.2) is 0 Å². The maximum absolute atomic E-state index is 11.4. The molecule has 1 aliphatic heterocycles. The molecule has 0 unspecified atom stereocenters. The predicted molar refractivity (Wildman–Crippen MR) is 68.3 cm³/mol. The van der Waals surface area contributed by atoms with Crippen molar-refractivity contribution in [3.05, 3.63) is 0 Å². The van der Waals surface area contributed by atoms with Crippen LogP contribution >= 0.6 is 0 Å². The Bertz CT molecular complexity index is 333. The van der Waals surface area contributed by atoms with Crippen LogP contribution in [0.2, 0.25) is 0 Å².